The van der Waals surface area contributed by atoms with E-state index < -0.39 is 5.95 Å². The number of hydrogen-bond donors (Lipinski definition) is 1. The Labute approximate surface area is 78.1 Å². The molecule has 0 aliphatic carbocycles. The molecule has 0 aliphatic heterocycles. The van der Waals surface area contributed by atoms with Gasteiger partial charge < -0.3 is 9.84 Å². The van der Waals surface area contributed by atoms with Crippen LogP contribution in [0.5, 0.6) is 0 Å². The van der Waals surface area contributed by atoms with Gasteiger partial charge in [0.05, 0.1) is 12.7 Å². The maximum absolute atomic E-state index is 9.19. The average molecular weight is 183 g/mol. The van der Waals surface area contributed by atoms with Crippen LogP contribution in [-0.4, -0.2) is 12.2 Å². The van der Waals surface area contributed by atoms with Crippen molar-refractivity contribution in [2.45, 2.75) is 20.8 Å². The van der Waals surface area contributed by atoms with Crippen LogP contribution in [0.25, 0.3) is 4.98 Å². The molecule has 0 saturated carbocycles. The first-order valence-electron chi connectivity index (χ1n) is 3.86. The predicted molar refractivity (Wildman–Crippen MR) is 50.3 cm³/mol. The Morgan fingerprint density at radius 1 is 1.46 bits per heavy atom. The number of hydrogen-bond acceptors (Lipinski definition) is 3. The summed E-state index contributed by atoms with van der Waals surface area (Å²) in [5.74, 6) is -0.428. The number of diazo groups is 1. The third kappa shape index (κ3) is 2.79. The van der Waals surface area contributed by atoms with E-state index in [-0.39, 0.29) is 11.1 Å². The lowest BCUT2D eigenvalue weighted by molar-refractivity contribution is 0.132. The Balaban J connectivity index is 5.07. The number of rotatable bonds is 2. The first kappa shape index (κ1) is 11.5. The van der Waals surface area contributed by atoms with Gasteiger partial charge >= 0.3 is 11.6 Å². The quantitative estimate of drug-likeness (QED) is 0.407. The summed E-state index contributed by atoms with van der Waals surface area (Å²) < 4.78 is 4.54. The van der Waals surface area contributed by atoms with Gasteiger partial charge in [-0.2, -0.15) is 0 Å². The number of nitrogens with zero attached hydrogens (tertiary/aromatic N) is 2. The first-order valence-corrected chi connectivity index (χ1v) is 3.86. The fraction of sp³-hybridized carbons (Fsp3) is 0.556. The summed E-state index contributed by atoms with van der Waals surface area (Å²) in [6.07, 6.45) is 0. The van der Waals surface area contributed by atoms with Gasteiger partial charge in [0.25, 0.3) is 0 Å². The van der Waals surface area contributed by atoms with Gasteiger partial charge in [0.2, 0.25) is 5.39 Å². The normalized spacial score (nSPS) is 12.8. The van der Waals surface area contributed by atoms with E-state index in [4.69, 9.17) is 5.39 Å². The molecule has 4 heteroatoms. The minimum Gasteiger partial charge on any atom is -0.475 e. The van der Waals surface area contributed by atoms with Crippen LogP contribution in [0.15, 0.2) is 23.8 Å². The van der Waals surface area contributed by atoms with E-state index >= 15 is 0 Å². The molecule has 13 heavy (non-hydrogen) atoms. The van der Waals surface area contributed by atoms with E-state index in [0.717, 1.165) is 0 Å². The van der Waals surface area contributed by atoms with Crippen LogP contribution in [0, 0.1) is 10.8 Å². The molecule has 0 bridgehead atoms. The topological polar surface area (TPSA) is 57.6 Å². The van der Waals surface area contributed by atoms with Crippen LogP contribution >= 0.6 is 0 Å². The molecule has 72 valence electrons. The molecule has 0 spiro atoms. The molecule has 0 radical (unpaired) electrons. The van der Waals surface area contributed by atoms with Crippen molar-refractivity contribution >= 4 is 0 Å². The van der Waals surface area contributed by atoms with E-state index in [1.807, 2.05) is 20.8 Å². The van der Waals surface area contributed by atoms with Gasteiger partial charge in [-0.05, 0) is 5.41 Å². The summed E-state index contributed by atoms with van der Waals surface area (Å²) in [6.45, 7) is 9.39. The molecule has 0 rings (SSSR count). The first-order chi connectivity index (χ1) is 5.84. The lowest BCUT2D eigenvalue weighted by Gasteiger charge is -2.15. The van der Waals surface area contributed by atoms with Crippen molar-refractivity contribution in [2.75, 3.05) is 7.11 Å². The zero-order valence-electron chi connectivity index (χ0n) is 8.46. The molecule has 4 nitrogen and oxygen atoms in total. The molecule has 1 N–H and O–H groups in total. The van der Waals surface area contributed by atoms with Crippen molar-refractivity contribution in [3.8, 4) is 0 Å². The lowest BCUT2D eigenvalue weighted by Crippen LogP contribution is -2.10. The molecular weight excluding hydrogens is 168 g/mol. The molecule has 0 aliphatic rings. The Kier molecular flexibility index (Phi) is 3.49. The summed E-state index contributed by atoms with van der Waals surface area (Å²) in [6, 6.07) is 0. The molecule has 0 atom stereocenters. The van der Waals surface area contributed by atoms with Crippen LogP contribution in [-0.2, 0) is 4.74 Å². The molecule has 0 aromatic heterocycles. The number of aliphatic hydroxyl groups excluding tert-OH is 1. The van der Waals surface area contributed by atoms with Crippen LogP contribution in [0.3, 0.4) is 0 Å². The smallest absolute Gasteiger partial charge is 0.467 e. The van der Waals surface area contributed by atoms with Gasteiger partial charge in [-0.3, -0.25) is 0 Å². The van der Waals surface area contributed by atoms with E-state index in [9.17, 15) is 5.11 Å². The second-order valence-corrected chi connectivity index (χ2v) is 3.69. The van der Waals surface area contributed by atoms with E-state index in [1.165, 1.54) is 7.11 Å². The van der Waals surface area contributed by atoms with Crippen LogP contribution < -0.4 is 0 Å². The second-order valence-electron chi connectivity index (χ2n) is 3.69. The van der Waals surface area contributed by atoms with Gasteiger partial charge in [0, 0.05) is 0 Å². The van der Waals surface area contributed by atoms with Gasteiger partial charge in [0.1, 0.15) is 0 Å². The van der Waals surface area contributed by atoms with Crippen molar-refractivity contribution < 1.29 is 9.84 Å². The summed E-state index contributed by atoms with van der Waals surface area (Å²) in [7, 11) is 1.29. The van der Waals surface area contributed by atoms with Gasteiger partial charge in [-0.15, -0.1) is 0 Å². The van der Waals surface area contributed by atoms with E-state index in [1.54, 1.807) is 0 Å². The Hall–Kier alpha value is -1.50. The molecule has 0 aromatic rings. The highest BCUT2D eigenvalue weighted by Crippen LogP contribution is 2.31. The third-order valence-electron chi connectivity index (χ3n) is 1.69. The maximum atomic E-state index is 9.19. The minimum absolute atomic E-state index is 0.0185. The van der Waals surface area contributed by atoms with E-state index in [2.05, 4.69) is 16.3 Å². The van der Waals surface area contributed by atoms with Gasteiger partial charge in [-0.1, -0.05) is 27.4 Å². The number of allylic oxidation sites excluding steroid dienone is 1. The number of ether oxygens (including phenoxy) is 1. The van der Waals surface area contributed by atoms with Gasteiger partial charge in [0.15, 0.2) is 4.98 Å². The zero-order valence-corrected chi connectivity index (χ0v) is 8.46. The summed E-state index contributed by atoms with van der Waals surface area (Å²) in [4.78, 5) is 2.93. The average Bonchev–Trinajstić information content (AvgIpc) is 2.03. The highest BCUT2D eigenvalue weighted by Gasteiger charge is 2.32. The highest BCUT2D eigenvalue weighted by atomic mass is 16.6. The summed E-state index contributed by atoms with van der Waals surface area (Å²) in [5, 5.41) is 17.8. The monoisotopic (exact) mass is 183 g/mol. The number of aliphatic hydroxyl groups is 1. The summed E-state index contributed by atoms with van der Waals surface area (Å²) >= 11 is 0. The van der Waals surface area contributed by atoms with Crippen molar-refractivity contribution in [1.82, 2.24) is 0 Å². The van der Waals surface area contributed by atoms with Crippen molar-refractivity contribution in [3.05, 3.63) is 28.8 Å². The fourth-order valence-corrected chi connectivity index (χ4v) is 0.684. The van der Waals surface area contributed by atoms with E-state index in [0.29, 0.717) is 5.57 Å². The zero-order chi connectivity index (χ0) is 10.6. The predicted octanol–water partition coefficient (Wildman–Crippen LogP) is 2.82. The largest absolute Gasteiger partial charge is 0.475 e. The maximum Gasteiger partial charge on any atom is 0.467 e. The minimum atomic E-state index is -0.428. The summed E-state index contributed by atoms with van der Waals surface area (Å²) in [5.41, 5.74) is 0.206. The van der Waals surface area contributed by atoms with Crippen molar-refractivity contribution in [2.24, 2.45) is 5.41 Å². The fourth-order valence-electron chi connectivity index (χ4n) is 0.684. The molecule has 0 heterocycles. The Morgan fingerprint density at radius 3 is 2.15 bits per heavy atom. The van der Waals surface area contributed by atoms with Gasteiger partial charge in [-0.25, -0.2) is 0 Å². The van der Waals surface area contributed by atoms with Crippen LogP contribution in [0.1, 0.15) is 20.8 Å². The third-order valence-corrected chi connectivity index (χ3v) is 1.69. The molecule has 0 amide bonds. The molecule has 0 fully saturated rings. The standard InChI is InChI=1S/C9H14N2O2/c1-6(9(2,3)4)7(11-10)8(12)13-5/h1H2,2-5H3/p+1/b8-7+. The molecule has 0 unspecified atom stereocenters. The van der Waals surface area contributed by atoms with Crippen LogP contribution in [0.2, 0.25) is 0 Å². The molecule has 0 aromatic carbocycles. The van der Waals surface area contributed by atoms with Crippen molar-refractivity contribution in [3.63, 3.8) is 0 Å². The highest BCUT2D eigenvalue weighted by molar-refractivity contribution is 5.36. The SMILES string of the molecule is C=C(/C([N+]#N)=C(/O)OC)C(C)(C)C. The Bertz CT molecular complexity index is 279. The molecular formula is C9H15N2O2+. The van der Waals surface area contributed by atoms with Crippen molar-refractivity contribution in [1.29, 1.82) is 5.39 Å². The molecule has 0 saturated heterocycles. The lowest BCUT2D eigenvalue weighted by atomic mass is 9.86. The second kappa shape index (κ2) is 3.94. The Morgan fingerprint density at radius 2 is 1.92 bits per heavy atom. The number of methoxy groups -OCH3 is 1. The van der Waals surface area contributed by atoms with Crippen LogP contribution in [0.4, 0.5) is 0 Å².